The van der Waals surface area contributed by atoms with Crippen LogP contribution in [0.25, 0.3) is 10.4 Å². The number of aliphatic imine (C=N–C) groups is 1. The third kappa shape index (κ3) is 7.47. The van der Waals surface area contributed by atoms with E-state index in [-0.39, 0.29) is 31.1 Å². The highest BCUT2D eigenvalue weighted by molar-refractivity contribution is 6.00. The number of rotatable bonds is 12. The Hall–Kier alpha value is -3.55. The van der Waals surface area contributed by atoms with Crippen LogP contribution >= 0.6 is 0 Å². The zero-order valence-corrected chi connectivity index (χ0v) is 21.2. The summed E-state index contributed by atoms with van der Waals surface area (Å²) in [5, 5.41) is 15.7. The zero-order chi connectivity index (χ0) is 26.0. The molecule has 36 heavy (non-hydrogen) atoms. The van der Waals surface area contributed by atoms with Gasteiger partial charge in [-0.1, -0.05) is 50.2 Å². The average molecular weight is 494 g/mol. The van der Waals surface area contributed by atoms with E-state index in [1.807, 2.05) is 48.5 Å². The van der Waals surface area contributed by atoms with Gasteiger partial charge in [-0.05, 0) is 52.8 Å². The average Bonchev–Trinajstić information content (AvgIpc) is 3.28. The smallest absolute Gasteiger partial charge is 0.251 e. The molecule has 2 aromatic carbocycles. The van der Waals surface area contributed by atoms with Crippen LogP contribution < -0.4 is 10.1 Å². The van der Waals surface area contributed by atoms with Crippen LogP contribution in [0.5, 0.6) is 5.75 Å². The lowest BCUT2D eigenvalue weighted by molar-refractivity contribution is -0.126. The standard InChI is InChI=1S/C27H35N5O4/c1-26(2,3)13-14-29-25(34)27(17-21-7-4-5-8-22(21)18-30-32-28)19-36-24(31-27)20-9-11-23(12-10-20)35-16-6-15-33/h4-5,7-12,33H,6,13-19H2,1-3H3,(H,29,34)/t27-/m1/s1. The SMILES string of the molecule is CC(C)(C)CCNC(=O)[C@@]1(Cc2ccccc2CN=[N+]=[N-])COC(c2ccc(OCCCO)cc2)=N1. The van der Waals surface area contributed by atoms with E-state index >= 15 is 0 Å². The second kappa shape index (κ2) is 12.4. The van der Waals surface area contributed by atoms with Crippen LogP contribution in [0.2, 0.25) is 0 Å². The minimum Gasteiger partial charge on any atom is -0.494 e. The van der Waals surface area contributed by atoms with Crippen molar-refractivity contribution in [1.82, 2.24) is 5.32 Å². The first-order chi connectivity index (χ1) is 17.3. The summed E-state index contributed by atoms with van der Waals surface area (Å²) >= 11 is 0. The minimum atomic E-state index is -1.14. The van der Waals surface area contributed by atoms with E-state index < -0.39 is 5.54 Å². The molecule has 0 saturated carbocycles. The molecule has 2 aromatic rings. The summed E-state index contributed by atoms with van der Waals surface area (Å²) in [5.74, 6) is 0.892. The van der Waals surface area contributed by atoms with Gasteiger partial charge in [-0.25, -0.2) is 4.99 Å². The van der Waals surface area contributed by atoms with Crippen molar-refractivity contribution in [3.63, 3.8) is 0 Å². The van der Waals surface area contributed by atoms with Gasteiger partial charge < -0.3 is 19.9 Å². The molecule has 0 saturated heterocycles. The van der Waals surface area contributed by atoms with Crippen molar-refractivity contribution >= 4 is 11.8 Å². The summed E-state index contributed by atoms with van der Waals surface area (Å²) in [6.07, 6.45) is 1.71. The van der Waals surface area contributed by atoms with E-state index in [0.717, 1.165) is 23.1 Å². The third-order valence-electron chi connectivity index (χ3n) is 5.92. The largest absolute Gasteiger partial charge is 0.494 e. The van der Waals surface area contributed by atoms with Gasteiger partial charge in [-0.2, -0.15) is 0 Å². The Kier molecular flexibility index (Phi) is 9.33. The van der Waals surface area contributed by atoms with Crippen LogP contribution in [0.4, 0.5) is 0 Å². The number of nitrogens with zero attached hydrogens (tertiary/aromatic N) is 4. The Labute approximate surface area is 212 Å². The van der Waals surface area contributed by atoms with Crippen LogP contribution in [-0.4, -0.2) is 48.8 Å². The topological polar surface area (TPSA) is 129 Å². The molecule has 0 radical (unpaired) electrons. The highest BCUT2D eigenvalue weighted by Gasteiger charge is 2.44. The Morgan fingerprint density at radius 1 is 1.22 bits per heavy atom. The molecule has 1 amide bonds. The van der Waals surface area contributed by atoms with Crippen molar-refractivity contribution in [2.75, 3.05) is 26.4 Å². The maximum absolute atomic E-state index is 13.5. The van der Waals surface area contributed by atoms with E-state index in [1.165, 1.54) is 0 Å². The Balaban J connectivity index is 1.87. The maximum Gasteiger partial charge on any atom is 0.251 e. The Morgan fingerprint density at radius 2 is 1.94 bits per heavy atom. The molecule has 0 aliphatic carbocycles. The molecule has 3 rings (SSSR count). The number of ether oxygens (including phenoxy) is 2. The first-order valence-electron chi connectivity index (χ1n) is 12.2. The van der Waals surface area contributed by atoms with Gasteiger partial charge in [0.2, 0.25) is 5.90 Å². The summed E-state index contributed by atoms with van der Waals surface area (Å²) in [7, 11) is 0. The van der Waals surface area contributed by atoms with E-state index in [9.17, 15) is 4.79 Å². The van der Waals surface area contributed by atoms with Gasteiger partial charge in [0.25, 0.3) is 5.91 Å². The molecule has 192 valence electrons. The molecular weight excluding hydrogens is 458 g/mol. The highest BCUT2D eigenvalue weighted by Crippen LogP contribution is 2.29. The lowest BCUT2D eigenvalue weighted by Crippen LogP contribution is -2.49. The van der Waals surface area contributed by atoms with E-state index in [0.29, 0.717) is 37.6 Å². The predicted molar refractivity (Wildman–Crippen MR) is 139 cm³/mol. The lowest BCUT2D eigenvalue weighted by Gasteiger charge is -2.25. The number of amides is 1. The van der Waals surface area contributed by atoms with Crippen molar-refractivity contribution in [3.05, 3.63) is 75.7 Å². The van der Waals surface area contributed by atoms with E-state index in [4.69, 9.17) is 25.1 Å². The van der Waals surface area contributed by atoms with Crippen molar-refractivity contribution in [3.8, 4) is 5.75 Å². The Bertz CT molecular complexity index is 1100. The zero-order valence-electron chi connectivity index (χ0n) is 21.2. The van der Waals surface area contributed by atoms with Gasteiger partial charge in [0, 0.05) is 36.5 Å². The second-order valence-corrected chi connectivity index (χ2v) is 10.1. The number of carbonyl (C=O) groups is 1. The van der Waals surface area contributed by atoms with Crippen molar-refractivity contribution in [1.29, 1.82) is 0 Å². The fourth-order valence-electron chi connectivity index (χ4n) is 3.85. The second-order valence-electron chi connectivity index (χ2n) is 10.1. The molecule has 9 nitrogen and oxygen atoms in total. The van der Waals surface area contributed by atoms with Gasteiger partial charge in [-0.15, -0.1) is 0 Å². The summed E-state index contributed by atoms with van der Waals surface area (Å²) in [6.45, 7) is 7.75. The number of carbonyl (C=O) groups excluding carboxylic acids is 1. The van der Waals surface area contributed by atoms with Crippen molar-refractivity contribution in [2.24, 2.45) is 15.5 Å². The molecule has 0 aromatic heterocycles. The Morgan fingerprint density at radius 3 is 2.61 bits per heavy atom. The molecule has 1 heterocycles. The van der Waals surface area contributed by atoms with Crippen LogP contribution in [0.1, 0.15) is 50.3 Å². The molecule has 2 N–H and O–H groups in total. The molecular formula is C27H35N5O4. The lowest BCUT2D eigenvalue weighted by atomic mass is 9.88. The summed E-state index contributed by atoms with van der Waals surface area (Å²) in [4.78, 5) is 21.2. The van der Waals surface area contributed by atoms with Crippen LogP contribution in [0.3, 0.4) is 0 Å². The van der Waals surface area contributed by atoms with Gasteiger partial charge in [0.05, 0.1) is 13.2 Å². The van der Waals surface area contributed by atoms with Crippen LogP contribution in [-0.2, 0) is 22.5 Å². The van der Waals surface area contributed by atoms with Gasteiger partial charge in [0.15, 0.2) is 5.54 Å². The number of hydrogen-bond acceptors (Lipinski definition) is 6. The summed E-state index contributed by atoms with van der Waals surface area (Å²) in [6, 6.07) is 14.9. The molecule has 0 fully saturated rings. The highest BCUT2D eigenvalue weighted by atomic mass is 16.5. The molecule has 9 heteroatoms. The number of aliphatic hydroxyl groups excluding tert-OH is 1. The molecule has 0 unspecified atom stereocenters. The maximum atomic E-state index is 13.5. The molecule has 1 aliphatic heterocycles. The molecule has 0 spiro atoms. The number of aliphatic hydroxyl groups is 1. The fourth-order valence-corrected chi connectivity index (χ4v) is 3.85. The van der Waals surface area contributed by atoms with Crippen molar-refractivity contribution < 1.29 is 19.4 Å². The van der Waals surface area contributed by atoms with Crippen LogP contribution in [0.15, 0.2) is 58.6 Å². The van der Waals surface area contributed by atoms with Gasteiger partial charge >= 0.3 is 0 Å². The number of hydrogen-bond donors (Lipinski definition) is 2. The molecule has 0 bridgehead atoms. The van der Waals surface area contributed by atoms with Crippen molar-refractivity contribution in [2.45, 2.75) is 52.1 Å². The fraction of sp³-hybridized carbons (Fsp3) is 0.481. The number of nitrogens with one attached hydrogen (secondary N) is 1. The first-order valence-corrected chi connectivity index (χ1v) is 12.2. The monoisotopic (exact) mass is 493 g/mol. The normalized spacial score (nSPS) is 17.1. The van der Waals surface area contributed by atoms with Gasteiger partial charge in [-0.3, -0.25) is 4.79 Å². The summed E-state index contributed by atoms with van der Waals surface area (Å²) < 4.78 is 11.6. The van der Waals surface area contributed by atoms with E-state index in [1.54, 1.807) is 0 Å². The quantitative estimate of drug-likeness (QED) is 0.194. The minimum absolute atomic E-state index is 0.0780. The first kappa shape index (κ1) is 27.0. The van der Waals surface area contributed by atoms with Gasteiger partial charge in [0.1, 0.15) is 12.4 Å². The third-order valence-corrected chi connectivity index (χ3v) is 5.92. The molecule has 1 aliphatic rings. The number of azide groups is 1. The predicted octanol–water partition coefficient (Wildman–Crippen LogP) is 4.57. The van der Waals surface area contributed by atoms with Crippen LogP contribution in [0, 0.1) is 5.41 Å². The number of benzene rings is 2. The molecule has 1 atom stereocenters. The summed E-state index contributed by atoms with van der Waals surface area (Å²) in [5.41, 5.74) is 10.2. The van der Waals surface area contributed by atoms with E-state index in [2.05, 4.69) is 36.1 Å².